The molecule has 5 rings (SSSR count). The number of halogens is 5. The predicted molar refractivity (Wildman–Crippen MR) is 167 cm³/mol. The zero-order valence-electron chi connectivity index (χ0n) is 25.2. The number of aliphatic hydroxyl groups excluding tert-OH is 2. The molecular weight excluding hydrogens is 659 g/mol. The maximum Gasteiger partial charge on any atom is 0.491 e. The molecule has 254 valence electrons. The Morgan fingerprint density at radius 3 is 2.31 bits per heavy atom. The number of aryl methyl sites for hydroxylation is 1. The van der Waals surface area contributed by atoms with E-state index in [4.69, 9.17) is 5.73 Å². The number of nitrogens with one attached hydrogen (secondary N) is 2. The van der Waals surface area contributed by atoms with Crippen LogP contribution < -0.4 is 26.7 Å². The van der Waals surface area contributed by atoms with Crippen LogP contribution in [0, 0.1) is 18.6 Å². The number of pyridine rings is 1. The van der Waals surface area contributed by atoms with Crippen molar-refractivity contribution in [1.29, 1.82) is 0 Å². The van der Waals surface area contributed by atoms with Crippen molar-refractivity contribution in [1.82, 2.24) is 14.5 Å². The first-order chi connectivity index (χ1) is 23.2. The molecule has 2 aromatic heterocycles. The number of nitrogens with zero attached hydrogens (tertiary/aromatic N) is 3. The van der Waals surface area contributed by atoms with Crippen LogP contribution in [0.4, 0.5) is 39.3 Å². The van der Waals surface area contributed by atoms with Gasteiger partial charge in [-0.15, -0.1) is 0 Å². The summed E-state index contributed by atoms with van der Waals surface area (Å²) in [5.74, 6) is -6.80. The number of rotatable bonds is 9. The summed E-state index contributed by atoms with van der Waals surface area (Å²) in [5.41, 5.74) is 3.94. The van der Waals surface area contributed by atoms with E-state index in [1.54, 1.807) is 13.0 Å². The SMILES string of the molecule is Cc1ccc(NC(=O)c2cccc(N)c2OC(=O)C(F)(F)F)cc1-c1nc(NC(CO)CO)nc2c1ccc(=O)n2-c1c(F)cccc1F. The fourth-order valence-corrected chi connectivity index (χ4v) is 4.79. The summed E-state index contributed by atoms with van der Waals surface area (Å²) in [4.78, 5) is 46.7. The van der Waals surface area contributed by atoms with E-state index in [9.17, 15) is 46.5 Å². The third-order valence-corrected chi connectivity index (χ3v) is 7.15. The summed E-state index contributed by atoms with van der Waals surface area (Å²) in [5, 5.41) is 24.6. The summed E-state index contributed by atoms with van der Waals surface area (Å²) in [6.07, 6.45) is -5.37. The number of fused-ring (bicyclic) bond motifs is 1. The highest BCUT2D eigenvalue weighted by molar-refractivity contribution is 6.08. The average Bonchev–Trinajstić information content (AvgIpc) is 3.05. The van der Waals surface area contributed by atoms with Crippen molar-refractivity contribution < 1.29 is 46.5 Å². The number of aliphatic hydroxyl groups is 2. The van der Waals surface area contributed by atoms with Gasteiger partial charge in [-0.3, -0.25) is 14.2 Å². The minimum atomic E-state index is -5.37. The number of nitrogens with two attached hydrogens (primary N) is 1. The molecule has 0 atom stereocenters. The predicted octanol–water partition coefficient (Wildman–Crippen LogP) is 4.10. The number of carbonyl (C=O) groups is 2. The number of carbonyl (C=O) groups excluding carboxylic acids is 2. The van der Waals surface area contributed by atoms with E-state index in [0.717, 1.165) is 36.4 Å². The van der Waals surface area contributed by atoms with Crippen LogP contribution in [0.3, 0.4) is 0 Å². The van der Waals surface area contributed by atoms with Crippen LogP contribution >= 0.6 is 0 Å². The molecule has 0 saturated carbocycles. The molecule has 0 aliphatic rings. The van der Waals surface area contributed by atoms with Gasteiger partial charge in [-0.2, -0.15) is 18.2 Å². The molecule has 6 N–H and O–H groups in total. The number of esters is 1. The lowest BCUT2D eigenvalue weighted by atomic mass is 10.0. The van der Waals surface area contributed by atoms with Crippen LogP contribution in [0.15, 0.2) is 71.5 Å². The molecule has 2 heterocycles. The Labute approximate surface area is 272 Å². The second-order valence-corrected chi connectivity index (χ2v) is 10.5. The van der Waals surface area contributed by atoms with Gasteiger partial charge < -0.3 is 31.3 Å². The number of nitrogen functional groups attached to an aromatic ring is 1. The number of amides is 1. The standard InChI is InChI=1S/C32H25F5N6O6/c1-15-8-9-16(39-29(47)19-4-2-7-23(38)27(19)49-30(48)32(35,36)37)12-20(15)25-18-10-11-24(46)43(26-21(33)5-3-6-22(26)34)28(18)42-31(41-25)40-17(13-44)14-45/h2-12,17,44-45H,13-14,38H2,1H3,(H,39,47)(H,40,41,42). The fourth-order valence-electron chi connectivity index (χ4n) is 4.79. The van der Waals surface area contributed by atoms with Crippen molar-refractivity contribution in [3.63, 3.8) is 0 Å². The summed E-state index contributed by atoms with van der Waals surface area (Å²) in [6, 6.07) is 12.3. The zero-order chi connectivity index (χ0) is 35.6. The lowest BCUT2D eigenvalue weighted by Gasteiger charge is -2.19. The molecule has 0 spiro atoms. The third kappa shape index (κ3) is 7.02. The Kier molecular flexibility index (Phi) is 9.59. The molecule has 5 aromatic rings. The monoisotopic (exact) mass is 684 g/mol. The molecule has 0 saturated heterocycles. The third-order valence-electron chi connectivity index (χ3n) is 7.15. The first kappa shape index (κ1) is 34.4. The highest BCUT2D eigenvalue weighted by atomic mass is 19.4. The second-order valence-electron chi connectivity index (χ2n) is 10.5. The van der Waals surface area contributed by atoms with Crippen molar-refractivity contribution in [2.24, 2.45) is 0 Å². The molecule has 0 aliphatic heterocycles. The van der Waals surface area contributed by atoms with Crippen LogP contribution in [0.5, 0.6) is 5.75 Å². The summed E-state index contributed by atoms with van der Waals surface area (Å²) >= 11 is 0. The Morgan fingerprint density at radius 2 is 1.65 bits per heavy atom. The maximum absolute atomic E-state index is 15.0. The minimum absolute atomic E-state index is 0.0689. The minimum Gasteiger partial charge on any atom is -0.417 e. The fraction of sp³-hybridized carbons (Fsp3) is 0.156. The van der Waals surface area contributed by atoms with E-state index in [2.05, 4.69) is 25.3 Å². The summed E-state index contributed by atoms with van der Waals surface area (Å²) in [6.45, 7) is 0.522. The number of benzene rings is 3. The quantitative estimate of drug-likeness (QED) is 0.0656. The second kappa shape index (κ2) is 13.7. The number of hydrogen-bond acceptors (Lipinski definition) is 10. The van der Waals surface area contributed by atoms with E-state index in [1.807, 2.05) is 0 Å². The van der Waals surface area contributed by atoms with Crippen molar-refractivity contribution >= 4 is 40.2 Å². The molecule has 1 amide bonds. The molecule has 0 fully saturated rings. The highest BCUT2D eigenvalue weighted by Crippen LogP contribution is 2.34. The smallest absolute Gasteiger partial charge is 0.417 e. The van der Waals surface area contributed by atoms with Gasteiger partial charge in [0.15, 0.2) is 11.4 Å². The molecule has 12 nitrogen and oxygen atoms in total. The Bertz CT molecular complexity index is 2130. The zero-order valence-corrected chi connectivity index (χ0v) is 25.2. The Morgan fingerprint density at radius 1 is 0.980 bits per heavy atom. The van der Waals surface area contributed by atoms with Gasteiger partial charge in [0, 0.05) is 22.7 Å². The van der Waals surface area contributed by atoms with Gasteiger partial charge in [0.05, 0.1) is 36.2 Å². The van der Waals surface area contributed by atoms with Crippen LogP contribution in [-0.4, -0.2) is 62.1 Å². The first-order valence-corrected chi connectivity index (χ1v) is 14.2. The van der Waals surface area contributed by atoms with E-state index in [1.165, 1.54) is 24.3 Å². The summed E-state index contributed by atoms with van der Waals surface area (Å²) in [7, 11) is 0. The van der Waals surface area contributed by atoms with Crippen molar-refractivity contribution in [2.45, 2.75) is 19.1 Å². The first-order valence-electron chi connectivity index (χ1n) is 14.2. The van der Waals surface area contributed by atoms with E-state index in [0.29, 0.717) is 10.1 Å². The number of hydrogen-bond donors (Lipinski definition) is 5. The van der Waals surface area contributed by atoms with Crippen molar-refractivity contribution in [3.8, 4) is 22.7 Å². The van der Waals surface area contributed by atoms with Gasteiger partial charge in [0.25, 0.3) is 11.5 Å². The lowest BCUT2D eigenvalue weighted by Crippen LogP contribution is -2.29. The maximum atomic E-state index is 15.0. The molecule has 3 aromatic carbocycles. The van der Waals surface area contributed by atoms with Gasteiger partial charge in [-0.25, -0.2) is 18.6 Å². The normalized spacial score (nSPS) is 11.5. The lowest BCUT2D eigenvalue weighted by molar-refractivity contribution is -0.189. The number of para-hydroxylation sites is 2. The molecule has 49 heavy (non-hydrogen) atoms. The summed E-state index contributed by atoms with van der Waals surface area (Å²) < 4.78 is 73.8. The number of aromatic nitrogens is 3. The van der Waals surface area contributed by atoms with Gasteiger partial charge in [-0.1, -0.05) is 18.2 Å². The van der Waals surface area contributed by atoms with E-state index < -0.39 is 77.2 Å². The molecule has 17 heteroatoms. The van der Waals surface area contributed by atoms with Gasteiger partial charge in [-0.05, 0) is 55.0 Å². The van der Waals surface area contributed by atoms with Gasteiger partial charge >= 0.3 is 12.1 Å². The van der Waals surface area contributed by atoms with Crippen molar-refractivity contribution in [2.75, 3.05) is 29.6 Å². The van der Waals surface area contributed by atoms with E-state index in [-0.39, 0.29) is 33.9 Å². The van der Waals surface area contributed by atoms with Crippen LogP contribution in [0.2, 0.25) is 0 Å². The van der Waals surface area contributed by atoms with Crippen LogP contribution in [0.25, 0.3) is 28.0 Å². The van der Waals surface area contributed by atoms with Gasteiger partial charge in [0.2, 0.25) is 5.95 Å². The molecule has 0 aliphatic carbocycles. The number of alkyl halides is 3. The van der Waals surface area contributed by atoms with Crippen LogP contribution in [0.1, 0.15) is 15.9 Å². The topological polar surface area (TPSA) is 182 Å². The molecule has 0 unspecified atom stereocenters. The molecular formula is C32H25F5N6O6. The highest BCUT2D eigenvalue weighted by Gasteiger charge is 2.42. The average molecular weight is 685 g/mol. The van der Waals surface area contributed by atoms with Crippen LogP contribution in [-0.2, 0) is 4.79 Å². The Balaban J connectivity index is 1.66. The largest absolute Gasteiger partial charge is 0.491 e. The van der Waals surface area contributed by atoms with Gasteiger partial charge in [0.1, 0.15) is 17.3 Å². The molecule has 0 bridgehead atoms. The molecule has 0 radical (unpaired) electrons. The number of ether oxygens (including phenoxy) is 1. The number of anilines is 3. The Hall–Kier alpha value is -5.94. The van der Waals surface area contributed by atoms with Crippen molar-refractivity contribution in [3.05, 3.63) is 99.8 Å². The van der Waals surface area contributed by atoms with E-state index >= 15 is 0 Å².